The number of fused-ring (bicyclic) bond motifs is 3. The van der Waals surface area contributed by atoms with E-state index >= 15 is 4.39 Å². The van der Waals surface area contributed by atoms with Crippen molar-refractivity contribution >= 4 is 22.6 Å². The summed E-state index contributed by atoms with van der Waals surface area (Å²) in [5.41, 5.74) is 1.18. The Labute approximate surface area is 188 Å². The average molecular weight is 466 g/mol. The first-order chi connectivity index (χ1) is 15.0. The summed E-state index contributed by atoms with van der Waals surface area (Å²) in [7, 11) is -1.62. The van der Waals surface area contributed by atoms with Crippen molar-refractivity contribution in [3.8, 4) is 6.07 Å². The molecule has 2 fully saturated rings. The molecule has 2 heterocycles. The standard InChI is InChI=1S/C23H25F2NO3S2/c1-15-2-4-16(5-3-15)31(27)23-9-11-28-20(8-12-30-13-10-26)17(23)14-29-22-19(25)7-6-18(24)21(22)23/h2-5,17,20H,6-9,11-14H2,1H3/t17?,20-,23-,31?/m0/s1. The van der Waals surface area contributed by atoms with E-state index in [4.69, 9.17) is 14.7 Å². The molecule has 3 aliphatic rings. The van der Waals surface area contributed by atoms with Crippen LogP contribution in [0.25, 0.3) is 0 Å². The van der Waals surface area contributed by atoms with E-state index in [-0.39, 0.29) is 42.8 Å². The molecule has 166 valence electrons. The molecule has 0 saturated carbocycles. The Morgan fingerprint density at radius 1 is 1.26 bits per heavy atom. The SMILES string of the molecule is Cc1ccc(S(=O)[C@@]23CCO[C@@H](CCSCC#N)C2COC2=C(F)CCC(F)=C23)cc1. The Morgan fingerprint density at radius 3 is 2.74 bits per heavy atom. The highest BCUT2D eigenvalue weighted by molar-refractivity contribution is 7.99. The normalized spacial score (nSPS) is 29.0. The van der Waals surface area contributed by atoms with Crippen LogP contribution in [0, 0.1) is 24.2 Å². The van der Waals surface area contributed by atoms with E-state index in [1.165, 1.54) is 11.8 Å². The van der Waals surface area contributed by atoms with Crippen molar-refractivity contribution in [2.24, 2.45) is 5.92 Å². The molecule has 0 bridgehead atoms. The molecule has 4 nitrogen and oxygen atoms in total. The molecular weight excluding hydrogens is 440 g/mol. The molecule has 1 aromatic carbocycles. The molecule has 2 unspecified atom stereocenters. The first-order valence-corrected chi connectivity index (χ1v) is 12.7. The number of ether oxygens (including phenoxy) is 2. The van der Waals surface area contributed by atoms with Crippen molar-refractivity contribution < 1.29 is 22.5 Å². The maximum Gasteiger partial charge on any atom is 0.158 e. The molecule has 2 aliphatic heterocycles. The molecule has 1 aromatic rings. The molecule has 4 rings (SSSR count). The minimum absolute atomic E-state index is 0.0344. The number of halogens is 2. The number of benzene rings is 1. The first kappa shape index (κ1) is 22.5. The summed E-state index contributed by atoms with van der Waals surface area (Å²) in [6.45, 7) is 2.39. The van der Waals surface area contributed by atoms with Crippen LogP contribution < -0.4 is 0 Å². The van der Waals surface area contributed by atoms with Crippen LogP contribution >= 0.6 is 11.8 Å². The van der Waals surface area contributed by atoms with Gasteiger partial charge in [0.15, 0.2) is 5.76 Å². The maximum absolute atomic E-state index is 15.3. The lowest BCUT2D eigenvalue weighted by atomic mass is 9.73. The summed E-state index contributed by atoms with van der Waals surface area (Å²) in [5, 5.41) is 8.78. The van der Waals surface area contributed by atoms with Gasteiger partial charge in [-0.2, -0.15) is 5.26 Å². The molecule has 31 heavy (non-hydrogen) atoms. The third-order valence-corrected chi connectivity index (χ3v) is 9.20. The third kappa shape index (κ3) is 4.08. The molecule has 0 radical (unpaired) electrons. The van der Waals surface area contributed by atoms with Crippen LogP contribution in [0.15, 0.2) is 52.1 Å². The van der Waals surface area contributed by atoms with E-state index in [0.29, 0.717) is 35.8 Å². The van der Waals surface area contributed by atoms with Gasteiger partial charge in [0.05, 0.1) is 40.1 Å². The number of nitrogens with zero attached hydrogens (tertiary/aromatic N) is 1. The van der Waals surface area contributed by atoms with Gasteiger partial charge in [-0.3, -0.25) is 4.21 Å². The Morgan fingerprint density at radius 2 is 2.00 bits per heavy atom. The number of hydrogen-bond donors (Lipinski definition) is 0. The molecule has 0 aromatic heterocycles. The first-order valence-electron chi connectivity index (χ1n) is 10.4. The van der Waals surface area contributed by atoms with Gasteiger partial charge in [0.2, 0.25) is 0 Å². The van der Waals surface area contributed by atoms with Gasteiger partial charge >= 0.3 is 0 Å². The van der Waals surface area contributed by atoms with Gasteiger partial charge in [0, 0.05) is 35.8 Å². The molecule has 0 spiro atoms. The van der Waals surface area contributed by atoms with Gasteiger partial charge in [-0.05, 0) is 37.7 Å². The Hall–Kier alpha value is -1.69. The van der Waals surface area contributed by atoms with E-state index in [0.717, 1.165) is 5.56 Å². The van der Waals surface area contributed by atoms with Gasteiger partial charge < -0.3 is 9.47 Å². The van der Waals surface area contributed by atoms with Crippen molar-refractivity contribution in [3.63, 3.8) is 0 Å². The number of nitriles is 1. The van der Waals surface area contributed by atoms with Gasteiger partial charge in [0.25, 0.3) is 0 Å². The Bertz CT molecular complexity index is 970. The van der Waals surface area contributed by atoms with E-state index in [1.807, 2.05) is 19.1 Å². The second-order valence-corrected chi connectivity index (χ2v) is 10.9. The van der Waals surface area contributed by atoms with E-state index in [2.05, 4.69) is 6.07 Å². The molecule has 4 atom stereocenters. The lowest BCUT2D eigenvalue weighted by Gasteiger charge is -2.52. The van der Waals surface area contributed by atoms with Gasteiger partial charge in [-0.25, -0.2) is 8.78 Å². The third-order valence-electron chi connectivity index (χ3n) is 6.27. The van der Waals surface area contributed by atoms with E-state index in [1.54, 1.807) is 12.1 Å². The minimum Gasteiger partial charge on any atom is -0.490 e. The van der Waals surface area contributed by atoms with Crippen molar-refractivity contribution in [3.05, 3.63) is 52.8 Å². The molecule has 0 N–H and O–H groups in total. The van der Waals surface area contributed by atoms with Crippen LogP contribution in [0.5, 0.6) is 0 Å². The average Bonchev–Trinajstić information content (AvgIpc) is 2.78. The molecule has 2 saturated heterocycles. The summed E-state index contributed by atoms with van der Waals surface area (Å²) in [5.74, 6) is -0.252. The topological polar surface area (TPSA) is 59.3 Å². The van der Waals surface area contributed by atoms with Gasteiger partial charge in [0.1, 0.15) is 11.7 Å². The predicted molar refractivity (Wildman–Crippen MR) is 117 cm³/mol. The number of aryl methyl sites for hydroxylation is 1. The van der Waals surface area contributed by atoms with Crippen molar-refractivity contribution in [2.75, 3.05) is 24.7 Å². The number of hydrogen-bond acceptors (Lipinski definition) is 5. The summed E-state index contributed by atoms with van der Waals surface area (Å²) in [4.78, 5) is 0.600. The quantitative estimate of drug-likeness (QED) is 0.546. The number of thioether (sulfide) groups is 1. The zero-order valence-electron chi connectivity index (χ0n) is 17.4. The highest BCUT2D eigenvalue weighted by Gasteiger charge is 2.59. The van der Waals surface area contributed by atoms with Crippen molar-refractivity contribution in [1.29, 1.82) is 5.26 Å². The summed E-state index contributed by atoms with van der Waals surface area (Å²) in [6.07, 6.45) is 0.581. The fourth-order valence-corrected chi connectivity index (χ4v) is 7.37. The smallest absolute Gasteiger partial charge is 0.158 e. The van der Waals surface area contributed by atoms with Crippen molar-refractivity contribution in [2.45, 2.75) is 48.4 Å². The molecular formula is C23H25F2NO3S2. The number of rotatable bonds is 6. The van der Waals surface area contributed by atoms with Crippen LogP contribution in [-0.2, 0) is 20.3 Å². The monoisotopic (exact) mass is 465 g/mol. The molecule has 1 aliphatic carbocycles. The van der Waals surface area contributed by atoms with Crippen LogP contribution in [0.2, 0.25) is 0 Å². The maximum atomic E-state index is 15.3. The fourth-order valence-electron chi connectivity index (χ4n) is 4.78. The lowest BCUT2D eigenvalue weighted by Crippen LogP contribution is -2.59. The van der Waals surface area contributed by atoms with E-state index < -0.39 is 27.2 Å². The lowest BCUT2D eigenvalue weighted by molar-refractivity contribution is -0.0750. The van der Waals surface area contributed by atoms with Gasteiger partial charge in [-0.1, -0.05) is 17.7 Å². The largest absolute Gasteiger partial charge is 0.490 e. The zero-order chi connectivity index (χ0) is 22.0. The van der Waals surface area contributed by atoms with Crippen molar-refractivity contribution in [1.82, 2.24) is 0 Å². The minimum atomic E-state index is -1.62. The summed E-state index contributed by atoms with van der Waals surface area (Å²) in [6, 6.07) is 9.49. The van der Waals surface area contributed by atoms with Crippen LogP contribution in [0.3, 0.4) is 0 Å². The summed E-state index contributed by atoms with van der Waals surface area (Å²) < 4.78 is 54.8. The fraction of sp³-hybridized carbons (Fsp3) is 0.522. The highest BCUT2D eigenvalue weighted by atomic mass is 32.2. The molecule has 0 amide bonds. The highest BCUT2D eigenvalue weighted by Crippen LogP contribution is 2.54. The van der Waals surface area contributed by atoms with Crippen LogP contribution in [-0.4, -0.2) is 39.8 Å². The second-order valence-electron chi connectivity index (χ2n) is 8.06. The van der Waals surface area contributed by atoms with E-state index in [9.17, 15) is 8.60 Å². The summed E-state index contributed by atoms with van der Waals surface area (Å²) >= 11 is 1.50. The number of allylic oxidation sites excluding steroid dienone is 3. The second kappa shape index (κ2) is 9.43. The van der Waals surface area contributed by atoms with Gasteiger partial charge in [-0.15, -0.1) is 11.8 Å². The van der Waals surface area contributed by atoms with Crippen LogP contribution in [0.4, 0.5) is 8.78 Å². The Balaban J connectivity index is 1.78. The zero-order valence-corrected chi connectivity index (χ0v) is 19.0. The Kier molecular flexibility index (Phi) is 6.85. The predicted octanol–water partition coefficient (Wildman–Crippen LogP) is 5.12. The van der Waals surface area contributed by atoms with Crippen LogP contribution in [0.1, 0.15) is 31.2 Å². The molecule has 8 heteroatoms.